The van der Waals surface area contributed by atoms with Gasteiger partial charge in [0, 0.05) is 17.8 Å². The first-order chi connectivity index (χ1) is 11.5. The van der Waals surface area contributed by atoms with Crippen LogP contribution in [0, 0.1) is 6.92 Å². The molecule has 1 N–H and O–H groups in total. The van der Waals surface area contributed by atoms with E-state index in [0.717, 1.165) is 11.6 Å². The van der Waals surface area contributed by atoms with Crippen molar-refractivity contribution in [2.75, 3.05) is 0 Å². The number of hydrogen-bond donors (Lipinski definition) is 1. The summed E-state index contributed by atoms with van der Waals surface area (Å²) in [5, 5.41) is 2.45. The van der Waals surface area contributed by atoms with Crippen LogP contribution in [0.15, 0.2) is 60.3 Å². The zero-order valence-electron chi connectivity index (χ0n) is 12.9. The topological polar surface area (TPSA) is 76.1 Å². The van der Waals surface area contributed by atoms with Crippen molar-refractivity contribution in [3.05, 3.63) is 82.8 Å². The van der Waals surface area contributed by atoms with E-state index in [-0.39, 0.29) is 22.7 Å². The average Bonchev–Trinajstić information content (AvgIpc) is 2.58. The predicted octanol–water partition coefficient (Wildman–Crippen LogP) is 2.48. The molecule has 1 heterocycles. The maximum atomic E-state index is 12.4. The molecular weight excluding hydrogens is 304 g/mol. The Morgan fingerprint density at radius 2 is 1.83 bits per heavy atom. The Morgan fingerprint density at radius 3 is 2.58 bits per heavy atom. The lowest BCUT2D eigenvalue weighted by atomic mass is 9.97. The highest BCUT2D eigenvalue weighted by Gasteiger charge is 2.27. The molecule has 3 rings (SSSR count). The third kappa shape index (κ3) is 3.20. The van der Waals surface area contributed by atoms with E-state index in [2.05, 4.69) is 10.3 Å². The second-order valence-electron chi connectivity index (χ2n) is 5.33. The molecular formula is C19H14N2O3. The maximum absolute atomic E-state index is 12.4. The molecule has 1 aromatic heterocycles. The Bertz CT molecular complexity index is 896. The normalized spacial score (nSPS) is 13.6. The molecule has 118 valence electrons. The van der Waals surface area contributed by atoms with E-state index in [0.29, 0.717) is 5.69 Å². The number of Topliss-reactive ketones (excluding diaryl/α,β-unsaturated/α-hetero) is 1. The summed E-state index contributed by atoms with van der Waals surface area (Å²) in [5.41, 5.74) is 1.75. The molecule has 1 aromatic carbocycles. The number of pyridine rings is 1. The van der Waals surface area contributed by atoms with Gasteiger partial charge in [0.05, 0.1) is 11.3 Å². The van der Waals surface area contributed by atoms with Crippen molar-refractivity contribution in [3.63, 3.8) is 0 Å². The van der Waals surface area contributed by atoms with Crippen molar-refractivity contribution >= 4 is 23.5 Å². The molecule has 0 unspecified atom stereocenters. The van der Waals surface area contributed by atoms with Gasteiger partial charge in [-0.15, -0.1) is 0 Å². The first kappa shape index (κ1) is 15.6. The zero-order valence-corrected chi connectivity index (χ0v) is 12.9. The molecule has 0 fully saturated rings. The van der Waals surface area contributed by atoms with Crippen molar-refractivity contribution < 1.29 is 14.4 Å². The lowest BCUT2D eigenvalue weighted by Crippen LogP contribution is -2.31. The maximum Gasteiger partial charge on any atom is 0.248 e. The van der Waals surface area contributed by atoms with Crippen LogP contribution in [0.2, 0.25) is 0 Å². The number of amides is 1. The second kappa shape index (κ2) is 6.42. The van der Waals surface area contributed by atoms with E-state index >= 15 is 0 Å². The monoisotopic (exact) mass is 318 g/mol. The molecule has 5 heteroatoms. The second-order valence-corrected chi connectivity index (χ2v) is 5.33. The molecule has 5 nitrogen and oxygen atoms in total. The lowest BCUT2D eigenvalue weighted by Gasteiger charge is -2.14. The standard InChI is InChI=1S/C19H14N2O3/c1-12-7-9-14-16(22)11-15(19(24)18(14)20-12)21-17(23)10-8-13-5-3-2-4-6-13/h2-11H,1H3,(H,21,23)/b10-8+. The fourth-order valence-corrected chi connectivity index (χ4v) is 2.33. The summed E-state index contributed by atoms with van der Waals surface area (Å²) in [5.74, 6) is -1.29. The average molecular weight is 318 g/mol. The van der Waals surface area contributed by atoms with Crippen LogP contribution >= 0.6 is 0 Å². The smallest absolute Gasteiger partial charge is 0.248 e. The molecule has 24 heavy (non-hydrogen) atoms. The molecule has 0 bridgehead atoms. The summed E-state index contributed by atoms with van der Waals surface area (Å²) in [6, 6.07) is 12.5. The highest BCUT2D eigenvalue weighted by molar-refractivity contribution is 6.24. The van der Waals surface area contributed by atoms with Crippen LogP contribution < -0.4 is 5.32 Å². The van der Waals surface area contributed by atoms with Crippen molar-refractivity contribution in [1.82, 2.24) is 10.3 Å². The highest BCUT2D eigenvalue weighted by atomic mass is 16.2. The van der Waals surface area contributed by atoms with Crippen molar-refractivity contribution in [2.24, 2.45) is 0 Å². The number of aromatic nitrogens is 1. The third-order valence-electron chi connectivity index (χ3n) is 3.52. The number of carbonyl (C=O) groups excluding carboxylic acids is 3. The minimum atomic E-state index is -0.484. The number of ketones is 2. The number of nitrogens with one attached hydrogen (secondary N) is 1. The number of nitrogens with zero attached hydrogens (tertiary/aromatic N) is 1. The van der Waals surface area contributed by atoms with Gasteiger partial charge in [-0.25, -0.2) is 4.98 Å². The Kier molecular flexibility index (Phi) is 4.16. The van der Waals surface area contributed by atoms with Gasteiger partial charge in [-0.1, -0.05) is 30.3 Å². The van der Waals surface area contributed by atoms with Gasteiger partial charge in [0.2, 0.25) is 11.7 Å². The van der Waals surface area contributed by atoms with Gasteiger partial charge in [-0.2, -0.15) is 0 Å². The fraction of sp³-hybridized carbons (Fsp3) is 0.0526. The number of hydrogen-bond acceptors (Lipinski definition) is 4. The van der Waals surface area contributed by atoms with E-state index in [1.165, 1.54) is 6.08 Å². The number of aryl methyl sites for hydroxylation is 1. The van der Waals surface area contributed by atoms with Gasteiger partial charge in [0.1, 0.15) is 5.69 Å². The van der Waals surface area contributed by atoms with Gasteiger partial charge < -0.3 is 5.32 Å². The van der Waals surface area contributed by atoms with E-state index in [9.17, 15) is 14.4 Å². The minimum absolute atomic E-state index is 0.0617. The highest BCUT2D eigenvalue weighted by Crippen LogP contribution is 2.18. The predicted molar refractivity (Wildman–Crippen MR) is 89.3 cm³/mol. The van der Waals surface area contributed by atoms with Gasteiger partial charge >= 0.3 is 0 Å². The first-order valence-electron chi connectivity index (χ1n) is 7.37. The summed E-state index contributed by atoms with van der Waals surface area (Å²) in [4.78, 5) is 40.6. The summed E-state index contributed by atoms with van der Waals surface area (Å²) in [6.45, 7) is 1.73. The Morgan fingerprint density at radius 1 is 1.08 bits per heavy atom. The van der Waals surface area contributed by atoms with Gasteiger partial charge in [0.25, 0.3) is 0 Å². The van der Waals surface area contributed by atoms with Crippen molar-refractivity contribution in [1.29, 1.82) is 0 Å². The zero-order chi connectivity index (χ0) is 17.1. The quantitative estimate of drug-likeness (QED) is 0.882. The molecule has 0 aliphatic heterocycles. The Labute approximate surface area is 138 Å². The number of allylic oxidation sites excluding steroid dienone is 2. The summed E-state index contributed by atoms with van der Waals surface area (Å²) < 4.78 is 0. The third-order valence-corrected chi connectivity index (χ3v) is 3.52. The van der Waals surface area contributed by atoms with Crippen molar-refractivity contribution in [2.45, 2.75) is 6.92 Å². The van der Waals surface area contributed by atoms with Gasteiger partial charge in [-0.3, -0.25) is 14.4 Å². The van der Waals surface area contributed by atoms with E-state index in [4.69, 9.17) is 0 Å². The molecule has 1 aliphatic carbocycles. The van der Waals surface area contributed by atoms with E-state index in [1.54, 1.807) is 25.1 Å². The molecule has 0 radical (unpaired) electrons. The fourth-order valence-electron chi connectivity index (χ4n) is 2.33. The first-order valence-corrected chi connectivity index (χ1v) is 7.37. The lowest BCUT2D eigenvalue weighted by molar-refractivity contribution is -0.115. The van der Waals surface area contributed by atoms with Crippen molar-refractivity contribution in [3.8, 4) is 0 Å². The van der Waals surface area contributed by atoms with Crippen LogP contribution in [0.25, 0.3) is 6.08 Å². The summed E-state index contributed by atoms with van der Waals surface area (Å²) >= 11 is 0. The Hall–Kier alpha value is -3.34. The largest absolute Gasteiger partial charge is 0.319 e. The van der Waals surface area contributed by atoms with Crippen LogP contribution in [-0.4, -0.2) is 22.5 Å². The summed E-state index contributed by atoms with van der Waals surface area (Å²) in [6.07, 6.45) is 4.07. The molecule has 0 saturated carbocycles. The number of benzene rings is 1. The number of fused-ring (bicyclic) bond motifs is 1. The summed E-state index contributed by atoms with van der Waals surface area (Å²) in [7, 11) is 0. The van der Waals surface area contributed by atoms with E-state index < -0.39 is 11.7 Å². The van der Waals surface area contributed by atoms with E-state index in [1.807, 2.05) is 30.3 Å². The molecule has 0 saturated heterocycles. The molecule has 2 aromatic rings. The minimum Gasteiger partial charge on any atom is -0.319 e. The number of rotatable bonds is 3. The van der Waals surface area contributed by atoms with Crippen LogP contribution in [0.3, 0.4) is 0 Å². The number of carbonyl (C=O) groups is 3. The van der Waals surface area contributed by atoms with Gasteiger partial charge in [-0.05, 0) is 30.7 Å². The van der Waals surface area contributed by atoms with Crippen LogP contribution in [0.1, 0.15) is 32.1 Å². The molecule has 1 aliphatic rings. The molecule has 1 amide bonds. The SMILES string of the molecule is Cc1ccc2c(n1)C(=O)C(NC(=O)/C=C/c1ccccc1)=CC2=O. The van der Waals surface area contributed by atoms with Crippen LogP contribution in [0.5, 0.6) is 0 Å². The molecule has 0 spiro atoms. The van der Waals surface area contributed by atoms with Crippen LogP contribution in [0.4, 0.5) is 0 Å². The van der Waals surface area contributed by atoms with Gasteiger partial charge in [0.15, 0.2) is 5.78 Å². The molecule has 0 atom stereocenters. The van der Waals surface area contributed by atoms with Crippen LogP contribution in [-0.2, 0) is 4.79 Å². The Balaban J connectivity index is 1.78.